The normalized spacial score (nSPS) is 10.9. The van der Waals surface area contributed by atoms with Gasteiger partial charge in [0, 0.05) is 23.8 Å². The fourth-order valence-electron chi connectivity index (χ4n) is 4.63. The first-order chi connectivity index (χ1) is 19.5. The molecule has 0 saturated heterocycles. The fraction of sp³-hybridized carbons (Fsp3) is 0.233. The second kappa shape index (κ2) is 11.8. The van der Waals surface area contributed by atoms with Crippen LogP contribution in [0.1, 0.15) is 11.3 Å². The number of benzene rings is 3. The van der Waals surface area contributed by atoms with Crippen LogP contribution in [-0.2, 0) is 24.4 Å². The summed E-state index contributed by atoms with van der Waals surface area (Å²) in [7, 11) is 6.24. The highest BCUT2D eigenvalue weighted by molar-refractivity contribution is 5.94. The van der Waals surface area contributed by atoms with Crippen molar-refractivity contribution in [3.05, 3.63) is 90.4 Å². The van der Waals surface area contributed by atoms with Gasteiger partial charge in [-0.15, -0.1) is 5.10 Å². The number of hydrogen-bond acceptors (Lipinski definition) is 7. The molecule has 10 heteroatoms. The average molecular weight is 542 g/mol. The zero-order chi connectivity index (χ0) is 28.1. The van der Waals surface area contributed by atoms with Crippen LogP contribution in [0.5, 0.6) is 23.0 Å². The SMILES string of the molecule is COc1ccc(CN(C(=O)Cn2cc(Cn3ccc4ccccc43)nn2)c2cc(OC)c(OC)c(OC)c2)cc1. The molecule has 40 heavy (non-hydrogen) atoms. The number of methoxy groups -OCH3 is 4. The van der Waals surface area contributed by atoms with Crippen molar-refractivity contribution in [2.45, 2.75) is 19.6 Å². The van der Waals surface area contributed by atoms with Gasteiger partial charge in [-0.25, -0.2) is 4.68 Å². The Balaban J connectivity index is 1.42. The number of carbonyl (C=O) groups is 1. The number of carbonyl (C=O) groups excluding carboxylic acids is 1. The van der Waals surface area contributed by atoms with Crippen LogP contribution in [0.3, 0.4) is 0 Å². The molecular formula is C30H31N5O5. The molecule has 0 unspecified atom stereocenters. The lowest BCUT2D eigenvalue weighted by Gasteiger charge is -2.25. The van der Waals surface area contributed by atoms with Crippen molar-refractivity contribution >= 4 is 22.5 Å². The van der Waals surface area contributed by atoms with E-state index in [4.69, 9.17) is 18.9 Å². The molecular weight excluding hydrogens is 510 g/mol. The van der Waals surface area contributed by atoms with Gasteiger partial charge in [-0.05, 0) is 35.2 Å². The Morgan fingerprint density at radius 1 is 0.875 bits per heavy atom. The van der Waals surface area contributed by atoms with E-state index in [0.717, 1.165) is 27.9 Å². The molecule has 0 atom stereocenters. The molecule has 5 rings (SSSR count). The standard InChI is InChI=1S/C30H31N5O5/c1-37-25-11-9-21(10-12-25)17-35(24-15-27(38-2)30(40-4)28(16-24)39-3)29(36)20-34-19-23(31-32-34)18-33-14-13-22-7-5-6-8-26(22)33/h5-16,19H,17-18,20H2,1-4H3. The molecule has 0 aliphatic rings. The van der Waals surface area contributed by atoms with E-state index in [9.17, 15) is 4.79 Å². The first-order valence-corrected chi connectivity index (χ1v) is 12.7. The number of para-hydroxylation sites is 1. The predicted octanol–water partition coefficient (Wildman–Crippen LogP) is 4.55. The molecule has 0 saturated carbocycles. The minimum atomic E-state index is -0.187. The summed E-state index contributed by atoms with van der Waals surface area (Å²) in [5.41, 5.74) is 3.38. The molecule has 0 spiro atoms. The molecule has 1 amide bonds. The monoisotopic (exact) mass is 541 g/mol. The molecule has 2 aromatic heterocycles. The van der Waals surface area contributed by atoms with E-state index >= 15 is 0 Å². The lowest BCUT2D eigenvalue weighted by Crippen LogP contribution is -2.33. The highest BCUT2D eigenvalue weighted by Gasteiger charge is 2.22. The summed E-state index contributed by atoms with van der Waals surface area (Å²) in [6, 6.07) is 21.3. The van der Waals surface area contributed by atoms with Gasteiger partial charge in [-0.1, -0.05) is 35.5 Å². The third kappa shape index (κ3) is 5.56. The number of aromatic nitrogens is 4. The second-order valence-electron chi connectivity index (χ2n) is 9.12. The summed E-state index contributed by atoms with van der Waals surface area (Å²) in [5, 5.41) is 9.71. The van der Waals surface area contributed by atoms with Gasteiger partial charge >= 0.3 is 0 Å². The molecule has 0 bridgehead atoms. The molecule has 206 valence electrons. The maximum atomic E-state index is 13.8. The van der Waals surface area contributed by atoms with Crippen LogP contribution in [0.15, 0.2) is 79.1 Å². The fourth-order valence-corrected chi connectivity index (χ4v) is 4.63. The van der Waals surface area contributed by atoms with Crippen molar-refractivity contribution in [2.24, 2.45) is 0 Å². The van der Waals surface area contributed by atoms with Crippen LogP contribution in [0.2, 0.25) is 0 Å². The van der Waals surface area contributed by atoms with Crippen LogP contribution in [0, 0.1) is 0 Å². The Bertz CT molecular complexity index is 1580. The topological polar surface area (TPSA) is 92.9 Å². The quantitative estimate of drug-likeness (QED) is 0.242. The number of anilines is 1. The molecule has 5 aromatic rings. The van der Waals surface area contributed by atoms with Crippen molar-refractivity contribution in [1.82, 2.24) is 19.6 Å². The molecule has 0 aliphatic heterocycles. The highest BCUT2D eigenvalue weighted by Crippen LogP contribution is 2.41. The van der Waals surface area contributed by atoms with Gasteiger partial charge in [0.1, 0.15) is 18.0 Å². The van der Waals surface area contributed by atoms with E-state index in [1.165, 1.54) is 0 Å². The molecule has 0 aliphatic carbocycles. The zero-order valence-electron chi connectivity index (χ0n) is 22.9. The van der Waals surface area contributed by atoms with Crippen molar-refractivity contribution in [3.8, 4) is 23.0 Å². The summed E-state index contributed by atoms with van der Waals surface area (Å²) in [6.07, 6.45) is 3.82. The van der Waals surface area contributed by atoms with Crippen LogP contribution in [0.25, 0.3) is 10.9 Å². The Morgan fingerprint density at radius 2 is 1.60 bits per heavy atom. The van der Waals surface area contributed by atoms with Gasteiger partial charge in [0.15, 0.2) is 11.5 Å². The lowest BCUT2D eigenvalue weighted by atomic mass is 10.1. The van der Waals surface area contributed by atoms with Crippen molar-refractivity contribution < 1.29 is 23.7 Å². The number of ether oxygens (including phenoxy) is 4. The third-order valence-corrected chi connectivity index (χ3v) is 6.66. The van der Waals surface area contributed by atoms with Gasteiger partial charge in [0.25, 0.3) is 0 Å². The van der Waals surface area contributed by atoms with Gasteiger partial charge < -0.3 is 28.4 Å². The summed E-state index contributed by atoms with van der Waals surface area (Å²) in [6.45, 7) is 0.842. The van der Waals surface area contributed by atoms with E-state index in [-0.39, 0.29) is 12.5 Å². The van der Waals surface area contributed by atoms with E-state index < -0.39 is 0 Å². The zero-order valence-corrected chi connectivity index (χ0v) is 22.9. The summed E-state index contributed by atoms with van der Waals surface area (Å²) >= 11 is 0. The van der Waals surface area contributed by atoms with Gasteiger partial charge in [0.05, 0.1) is 53.4 Å². The first-order valence-electron chi connectivity index (χ1n) is 12.7. The van der Waals surface area contributed by atoms with E-state index in [0.29, 0.717) is 36.0 Å². The molecule has 0 fully saturated rings. The minimum Gasteiger partial charge on any atom is -0.497 e. The van der Waals surface area contributed by atoms with Crippen molar-refractivity contribution in [3.63, 3.8) is 0 Å². The lowest BCUT2D eigenvalue weighted by molar-refractivity contribution is -0.119. The van der Waals surface area contributed by atoms with Crippen molar-refractivity contribution in [2.75, 3.05) is 33.3 Å². The van der Waals surface area contributed by atoms with Gasteiger partial charge in [0.2, 0.25) is 11.7 Å². The predicted molar refractivity (Wildman–Crippen MR) is 151 cm³/mol. The average Bonchev–Trinajstić information content (AvgIpc) is 3.62. The minimum absolute atomic E-state index is 0.00770. The molecule has 10 nitrogen and oxygen atoms in total. The van der Waals surface area contributed by atoms with E-state index in [2.05, 4.69) is 33.1 Å². The number of amides is 1. The van der Waals surface area contributed by atoms with Crippen molar-refractivity contribution in [1.29, 1.82) is 0 Å². The number of fused-ring (bicyclic) bond motifs is 1. The van der Waals surface area contributed by atoms with E-state index in [1.807, 2.05) is 42.6 Å². The molecule has 0 radical (unpaired) electrons. The van der Waals surface area contributed by atoms with E-state index in [1.54, 1.807) is 56.4 Å². The Hall–Kier alpha value is -4.99. The summed E-state index contributed by atoms with van der Waals surface area (Å²) in [4.78, 5) is 15.4. The maximum Gasteiger partial charge on any atom is 0.249 e. The largest absolute Gasteiger partial charge is 0.497 e. The summed E-state index contributed by atoms with van der Waals surface area (Å²) in [5.74, 6) is 1.90. The van der Waals surface area contributed by atoms with Crippen LogP contribution in [-0.4, -0.2) is 53.9 Å². The van der Waals surface area contributed by atoms with Crippen LogP contribution >= 0.6 is 0 Å². The van der Waals surface area contributed by atoms with Gasteiger partial charge in [-0.2, -0.15) is 0 Å². The smallest absolute Gasteiger partial charge is 0.249 e. The molecule has 2 heterocycles. The Labute approximate surface area is 232 Å². The Kier molecular flexibility index (Phi) is 7.86. The summed E-state index contributed by atoms with van der Waals surface area (Å²) < 4.78 is 25.5. The van der Waals surface area contributed by atoms with Crippen LogP contribution in [0.4, 0.5) is 5.69 Å². The second-order valence-corrected chi connectivity index (χ2v) is 9.12. The van der Waals surface area contributed by atoms with Gasteiger partial charge in [-0.3, -0.25) is 4.79 Å². The molecule has 3 aromatic carbocycles. The third-order valence-electron chi connectivity index (χ3n) is 6.66. The number of hydrogen-bond donors (Lipinski definition) is 0. The molecule has 0 N–H and O–H groups in total. The number of nitrogens with zero attached hydrogens (tertiary/aromatic N) is 5. The maximum absolute atomic E-state index is 13.8. The number of rotatable bonds is 11. The Morgan fingerprint density at radius 3 is 2.27 bits per heavy atom. The van der Waals surface area contributed by atoms with Crippen LogP contribution < -0.4 is 23.8 Å². The highest BCUT2D eigenvalue weighted by atomic mass is 16.5. The first kappa shape index (κ1) is 26.6.